The van der Waals surface area contributed by atoms with Crippen LogP contribution in [-0.2, 0) is 14.4 Å². The summed E-state index contributed by atoms with van der Waals surface area (Å²) in [6.07, 6.45) is 0. The molecular formula is C17H22N2O4. The number of nitrogens with zero attached hydrogens (tertiary/aromatic N) is 2. The van der Waals surface area contributed by atoms with Crippen LogP contribution < -0.4 is 0 Å². The van der Waals surface area contributed by atoms with E-state index in [1.807, 2.05) is 37.3 Å². The van der Waals surface area contributed by atoms with Gasteiger partial charge in [-0.05, 0) is 18.4 Å². The van der Waals surface area contributed by atoms with Crippen LogP contribution in [0.2, 0.25) is 0 Å². The zero-order valence-corrected chi connectivity index (χ0v) is 13.6. The van der Waals surface area contributed by atoms with E-state index >= 15 is 0 Å². The van der Waals surface area contributed by atoms with Crippen molar-refractivity contribution < 1.29 is 19.5 Å². The van der Waals surface area contributed by atoms with Gasteiger partial charge in [0.2, 0.25) is 11.8 Å². The summed E-state index contributed by atoms with van der Waals surface area (Å²) in [6, 6.07) is 8.27. The van der Waals surface area contributed by atoms with E-state index in [1.54, 1.807) is 13.8 Å². The smallest absolute Gasteiger partial charge is 0.326 e. The lowest BCUT2D eigenvalue weighted by molar-refractivity contribution is -0.162. The van der Waals surface area contributed by atoms with Gasteiger partial charge in [0.25, 0.3) is 0 Å². The fourth-order valence-corrected chi connectivity index (χ4v) is 2.95. The molecule has 1 N–H and O–H groups in total. The van der Waals surface area contributed by atoms with Crippen LogP contribution in [0.4, 0.5) is 0 Å². The second-order valence-electron chi connectivity index (χ2n) is 6.16. The first-order valence-electron chi connectivity index (χ1n) is 7.69. The average Bonchev–Trinajstić information content (AvgIpc) is 2.50. The maximum Gasteiger partial charge on any atom is 0.326 e. The fourth-order valence-electron chi connectivity index (χ4n) is 2.95. The summed E-state index contributed by atoms with van der Waals surface area (Å²) in [6.45, 7) is 5.05. The molecule has 1 aliphatic heterocycles. The minimum Gasteiger partial charge on any atom is -0.480 e. The molecule has 1 heterocycles. The summed E-state index contributed by atoms with van der Waals surface area (Å²) in [5, 5.41) is 9.33. The highest BCUT2D eigenvalue weighted by atomic mass is 16.4. The van der Waals surface area contributed by atoms with Crippen molar-refractivity contribution >= 4 is 17.8 Å². The Kier molecular flexibility index (Phi) is 5.03. The third kappa shape index (κ3) is 3.52. The molecule has 2 atom stereocenters. The Labute approximate surface area is 135 Å². The zero-order chi connectivity index (χ0) is 17.1. The summed E-state index contributed by atoms with van der Waals surface area (Å²) in [5.74, 6) is -1.89. The van der Waals surface area contributed by atoms with Gasteiger partial charge in [-0.15, -0.1) is 0 Å². The van der Waals surface area contributed by atoms with E-state index in [2.05, 4.69) is 0 Å². The van der Waals surface area contributed by atoms with Crippen molar-refractivity contribution in [2.75, 3.05) is 13.1 Å². The highest BCUT2D eigenvalue weighted by Crippen LogP contribution is 2.24. The van der Waals surface area contributed by atoms with Crippen molar-refractivity contribution in [2.24, 2.45) is 5.92 Å². The SMILES string of the molecule is CC(C)C(C(=O)O)N1CC(=O)N([C@@H](C)c2ccccc2)CC1=O. The van der Waals surface area contributed by atoms with Crippen LogP contribution in [0.25, 0.3) is 0 Å². The Balaban J connectivity index is 2.18. The van der Waals surface area contributed by atoms with Gasteiger partial charge < -0.3 is 14.9 Å². The first-order chi connectivity index (χ1) is 10.8. The molecule has 1 unspecified atom stereocenters. The molecule has 124 valence electrons. The normalized spacial score (nSPS) is 18.3. The van der Waals surface area contributed by atoms with E-state index in [0.29, 0.717) is 0 Å². The summed E-state index contributed by atoms with van der Waals surface area (Å²) in [5.41, 5.74) is 0.945. The van der Waals surface area contributed by atoms with Gasteiger partial charge >= 0.3 is 5.97 Å². The van der Waals surface area contributed by atoms with Crippen molar-refractivity contribution in [3.05, 3.63) is 35.9 Å². The van der Waals surface area contributed by atoms with Crippen LogP contribution in [0, 0.1) is 5.92 Å². The Hall–Kier alpha value is -2.37. The van der Waals surface area contributed by atoms with Crippen molar-refractivity contribution in [2.45, 2.75) is 32.9 Å². The Morgan fingerprint density at radius 1 is 1.00 bits per heavy atom. The molecule has 1 fully saturated rings. The molecule has 2 amide bonds. The van der Waals surface area contributed by atoms with Crippen LogP contribution in [0.3, 0.4) is 0 Å². The molecule has 6 heteroatoms. The number of aliphatic carboxylic acids is 1. The number of carboxylic acids is 1. The molecule has 1 aromatic rings. The van der Waals surface area contributed by atoms with E-state index in [1.165, 1.54) is 9.80 Å². The highest BCUT2D eigenvalue weighted by molar-refractivity contribution is 5.95. The first kappa shape index (κ1) is 17.0. The number of carboxylic acid groups (broad SMARTS) is 1. The van der Waals surface area contributed by atoms with E-state index in [0.717, 1.165) is 5.56 Å². The van der Waals surface area contributed by atoms with Gasteiger partial charge in [0.15, 0.2) is 0 Å². The van der Waals surface area contributed by atoms with Gasteiger partial charge in [0.05, 0.1) is 6.04 Å². The maximum absolute atomic E-state index is 12.5. The monoisotopic (exact) mass is 318 g/mol. The van der Waals surface area contributed by atoms with E-state index in [4.69, 9.17) is 0 Å². The predicted molar refractivity (Wildman–Crippen MR) is 84.5 cm³/mol. The number of hydrogen-bond donors (Lipinski definition) is 1. The van der Waals surface area contributed by atoms with Crippen molar-refractivity contribution in [3.63, 3.8) is 0 Å². The van der Waals surface area contributed by atoms with Crippen LogP contribution in [0.15, 0.2) is 30.3 Å². The molecule has 1 saturated heterocycles. The quantitative estimate of drug-likeness (QED) is 0.893. The van der Waals surface area contributed by atoms with Crippen molar-refractivity contribution in [3.8, 4) is 0 Å². The van der Waals surface area contributed by atoms with Crippen LogP contribution in [0.5, 0.6) is 0 Å². The van der Waals surface area contributed by atoms with Gasteiger partial charge in [0.1, 0.15) is 19.1 Å². The summed E-state index contributed by atoms with van der Waals surface area (Å²) < 4.78 is 0. The van der Waals surface area contributed by atoms with E-state index in [-0.39, 0.29) is 36.9 Å². The minimum absolute atomic E-state index is 0.0919. The van der Waals surface area contributed by atoms with Gasteiger partial charge in [-0.2, -0.15) is 0 Å². The van der Waals surface area contributed by atoms with Gasteiger partial charge in [-0.25, -0.2) is 4.79 Å². The number of benzene rings is 1. The Bertz CT molecular complexity index is 600. The highest BCUT2D eigenvalue weighted by Gasteiger charge is 2.40. The third-order valence-electron chi connectivity index (χ3n) is 4.22. The van der Waals surface area contributed by atoms with Gasteiger partial charge in [-0.1, -0.05) is 44.2 Å². The lowest BCUT2D eigenvalue weighted by Gasteiger charge is -2.40. The third-order valence-corrected chi connectivity index (χ3v) is 4.22. The standard InChI is InChI=1S/C17H22N2O4/c1-11(2)16(17(22)23)19-10-14(20)18(9-15(19)21)12(3)13-7-5-4-6-8-13/h4-8,11-12,16H,9-10H2,1-3H3,(H,22,23)/t12-,16?/m0/s1. The second kappa shape index (κ2) is 6.81. The Morgan fingerprint density at radius 3 is 2.04 bits per heavy atom. The molecule has 2 rings (SSSR count). The minimum atomic E-state index is -1.08. The fraction of sp³-hybridized carbons (Fsp3) is 0.471. The summed E-state index contributed by atoms with van der Waals surface area (Å²) in [7, 11) is 0. The number of rotatable bonds is 5. The van der Waals surface area contributed by atoms with Crippen LogP contribution in [0.1, 0.15) is 32.4 Å². The predicted octanol–water partition coefficient (Wildman–Crippen LogP) is 1.53. The molecule has 6 nitrogen and oxygen atoms in total. The van der Waals surface area contributed by atoms with E-state index < -0.39 is 12.0 Å². The average molecular weight is 318 g/mol. The largest absolute Gasteiger partial charge is 0.480 e. The molecule has 0 aliphatic carbocycles. The van der Waals surface area contributed by atoms with E-state index in [9.17, 15) is 19.5 Å². The first-order valence-corrected chi connectivity index (χ1v) is 7.69. The Morgan fingerprint density at radius 2 is 1.52 bits per heavy atom. The number of piperazine rings is 1. The molecule has 0 saturated carbocycles. The molecule has 0 bridgehead atoms. The zero-order valence-electron chi connectivity index (χ0n) is 13.6. The van der Waals surface area contributed by atoms with Crippen LogP contribution >= 0.6 is 0 Å². The molecule has 23 heavy (non-hydrogen) atoms. The van der Waals surface area contributed by atoms with Crippen molar-refractivity contribution in [1.82, 2.24) is 9.80 Å². The molecule has 0 aromatic heterocycles. The lowest BCUT2D eigenvalue weighted by Crippen LogP contribution is -2.60. The molecular weight excluding hydrogens is 296 g/mol. The van der Waals surface area contributed by atoms with Gasteiger partial charge in [0, 0.05) is 0 Å². The molecule has 0 radical (unpaired) electrons. The topological polar surface area (TPSA) is 77.9 Å². The molecule has 1 aromatic carbocycles. The number of amides is 2. The summed E-state index contributed by atoms with van der Waals surface area (Å²) in [4.78, 5) is 39.0. The lowest BCUT2D eigenvalue weighted by atomic mass is 10.0. The van der Waals surface area contributed by atoms with Gasteiger partial charge in [-0.3, -0.25) is 9.59 Å². The molecule has 1 aliphatic rings. The number of carbonyl (C=O) groups is 3. The van der Waals surface area contributed by atoms with Crippen molar-refractivity contribution in [1.29, 1.82) is 0 Å². The summed E-state index contributed by atoms with van der Waals surface area (Å²) >= 11 is 0. The maximum atomic E-state index is 12.5. The number of carbonyl (C=O) groups excluding carboxylic acids is 2. The molecule has 0 spiro atoms. The second-order valence-corrected chi connectivity index (χ2v) is 6.16. The number of hydrogen-bond acceptors (Lipinski definition) is 3. The van der Waals surface area contributed by atoms with Crippen LogP contribution in [-0.4, -0.2) is 51.8 Å².